The summed E-state index contributed by atoms with van der Waals surface area (Å²) in [7, 11) is 0. The highest BCUT2D eigenvalue weighted by Crippen LogP contribution is 2.45. The number of furan rings is 2. The van der Waals surface area contributed by atoms with Gasteiger partial charge in [0, 0.05) is 43.9 Å². The lowest BCUT2D eigenvalue weighted by Crippen LogP contribution is -2.11. The van der Waals surface area contributed by atoms with Crippen molar-refractivity contribution >= 4 is 82.5 Å². The van der Waals surface area contributed by atoms with Crippen LogP contribution in [0.5, 0.6) is 0 Å². The smallest absolute Gasteiger partial charge is 0.143 e. The van der Waals surface area contributed by atoms with E-state index >= 15 is 0 Å². The van der Waals surface area contributed by atoms with Gasteiger partial charge in [0.15, 0.2) is 0 Å². The summed E-state index contributed by atoms with van der Waals surface area (Å²) in [6.45, 7) is 0. The van der Waals surface area contributed by atoms with Crippen molar-refractivity contribution in [2.24, 2.45) is 0 Å². The van der Waals surface area contributed by atoms with Crippen LogP contribution in [-0.2, 0) is 0 Å². The van der Waals surface area contributed by atoms with Crippen LogP contribution in [-0.4, -0.2) is 0 Å². The maximum Gasteiger partial charge on any atom is 0.143 e. The number of benzene rings is 11. The molecule has 0 spiro atoms. The molecule has 3 nitrogen and oxygen atoms in total. The molecule has 0 radical (unpaired) electrons. The Balaban J connectivity index is 0.938. The first-order valence-electron chi connectivity index (χ1n) is 22.1. The lowest BCUT2D eigenvalue weighted by atomic mass is 9.95. The Bertz CT molecular complexity index is 3940. The summed E-state index contributed by atoms with van der Waals surface area (Å²) in [5, 5.41) is 9.27. The fraction of sp³-hybridized carbons (Fsp3) is 0. The Morgan fingerprint density at radius 2 is 0.846 bits per heavy atom. The molecule has 13 aromatic rings. The van der Waals surface area contributed by atoms with E-state index in [4.69, 9.17) is 8.83 Å². The Kier molecular flexibility index (Phi) is 8.53. The summed E-state index contributed by atoms with van der Waals surface area (Å²) in [6.07, 6.45) is 0. The number of anilines is 3. The van der Waals surface area contributed by atoms with Gasteiger partial charge in [-0.1, -0.05) is 170 Å². The first kappa shape index (κ1) is 36.9. The first-order chi connectivity index (χ1) is 32.2. The van der Waals surface area contributed by atoms with Gasteiger partial charge in [0.25, 0.3) is 0 Å². The number of rotatable bonds is 7. The molecular formula is C62H39NO2. The molecule has 13 rings (SSSR count). The molecule has 0 fully saturated rings. The molecule has 0 unspecified atom stereocenters. The zero-order valence-electron chi connectivity index (χ0n) is 35.3. The van der Waals surface area contributed by atoms with E-state index in [0.29, 0.717) is 0 Å². The van der Waals surface area contributed by atoms with Gasteiger partial charge in [0.2, 0.25) is 0 Å². The predicted molar refractivity (Wildman–Crippen MR) is 272 cm³/mol. The van der Waals surface area contributed by atoms with Gasteiger partial charge in [-0.25, -0.2) is 0 Å². The van der Waals surface area contributed by atoms with Crippen LogP contribution in [0.25, 0.3) is 110 Å². The normalized spacial score (nSPS) is 11.7. The molecular weight excluding hydrogens is 791 g/mol. The second-order valence-corrected chi connectivity index (χ2v) is 16.8. The molecule has 304 valence electrons. The van der Waals surface area contributed by atoms with Crippen LogP contribution in [0.3, 0.4) is 0 Å². The molecule has 65 heavy (non-hydrogen) atoms. The Labute approximate surface area is 375 Å². The summed E-state index contributed by atoms with van der Waals surface area (Å²) in [6, 6.07) is 84.8. The lowest BCUT2D eigenvalue weighted by molar-refractivity contribution is 0.669. The van der Waals surface area contributed by atoms with Gasteiger partial charge in [-0.3, -0.25) is 0 Å². The maximum atomic E-state index is 6.55. The average molecular weight is 830 g/mol. The number of hydrogen-bond acceptors (Lipinski definition) is 3. The molecule has 0 aliphatic rings. The summed E-state index contributed by atoms with van der Waals surface area (Å²) in [5.74, 6) is 0. The van der Waals surface area contributed by atoms with Crippen molar-refractivity contribution in [2.75, 3.05) is 4.90 Å². The second-order valence-electron chi connectivity index (χ2n) is 16.8. The lowest BCUT2D eigenvalue weighted by Gasteiger charge is -2.28. The number of nitrogens with zero attached hydrogens (tertiary/aromatic N) is 1. The summed E-state index contributed by atoms with van der Waals surface area (Å²) in [5.41, 5.74) is 16.1. The third-order valence-electron chi connectivity index (χ3n) is 13.1. The minimum absolute atomic E-state index is 0.880. The zero-order chi connectivity index (χ0) is 42.8. The van der Waals surface area contributed by atoms with Gasteiger partial charge in [-0.2, -0.15) is 0 Å². The Morgan fingerprint density at radius 3 is 1.69 bits per heavy atom. The molecule has 0 saturated carbocycles. The van der Waals surface area contributed by atoms with Crippen LogP contribution in [0, 0.1) is 0 Å². The minimum atomic E-state index is 0.880. The van der Waals surface area contributed by atoms with Crippen LogP contribution in [0.4, 0.5) is 17.1 Å². The van der Waals surface area contributed by atoms with Gasteiger partial charge in [0.1, 0.15) is 22.3 Å². The van der Waals surface area contributed by atoms with E-state index in [9.17, 15) is 0 Å². The van der Waals surface area contributed by atoms with Crippen molar-refractivity contribution in [1.29, 1.82) is 0 Å². The van der Waals surface area contributed by atoms with E-state index in [1.807, 2.05) is 12.1 Å². The van der Waals surface area contributed by atoms with Crippen molar-refractivity contribution in [3.05, 3.63) is 237 Å². The molecule has 0 saturated heterocycles. The van der Waals surface area contributed by atoms with Crippen molar-refractivity contribution in [1.82, 2.24) is 0 Å². The average Bonchev–Trinajstić information content (AvgIpc) is 3.96. The highest BCUT2D eigenvalue weighted by Gasteiger charge is 2.20. The molecule has 2 aromatic heterocycles. The van der Waals surface area contributed by atoms with Crippen molar-refractivity contribution in [2.45, 2.75) is 0 Å². The molecule has 0 N–H and O–H groups in total. The van der Waals surface area contributed by atoms with E-state index in [1.165, 1.54) is 32.8 Å². The third kappa shape index (κ3) is 6.20. The third-order valence-corrected chi connectivity index (χ3v) is 13.1. The fourth-order valence-electron chi connectivity index (χ4n) is 9.96. The monoisotopic (exact) mass is 829 g/mol. The Hall–Kier alpha value is -8.66. The van der Waals surface area contributed by atoms with E-state index in [2.05, 4.69) is 229 Å². The van der Waals surface area contributed by atoms with Crippen LogP contribution in [0.15, 0.2) is 245 Å². The molecule has 3 heteroatoms. The molecule has 2 heterocycles. The highest BCUT2D eigenvalue weighted by molar-refractivity contribution is 6.16. The SMILES string of the molecule is c1cc(-c2ccc(N(c3ccc(-c4cccc5oc6ccccc6c45)cc3)c3ccccc3-c3ccc4oc5c6ccccc6ccc5c4c3)cc2)cc(-c2cccc3ccccc23)c1. The van der Waals surface area contributed by atoms with Crippen molar-refractivity contribution in [3.63, 3.8) is 0 Å². The first-order valence-corrected chi connectivity index (χ1v) is 22.1. The molecule has 0 aliphatic carbocycles. The molecule has 11 aromatic carbocycles. The number of para-hydroxylation sites is 2. The Morgan fingerprint density at radius 1 is 0.277 bits per heavy atom. The van der Waals surface area contributed by atoms with Gasteiger partial charge >= 0.3 is 0 Å². The molecule has 0 amide bonds. The van der Waals surface area contributed by atoms with Crippen molar-refractivity contribution < 1.29 is 8.83 Å². The second kappa shape index (κ2) is 15.0. The van der Waals surface area contributed by atoms with Gasteiger partial charge in [-0.05, 0) is 122 Å². The van der Waals surface area contributed by atoms with E-state index < -0.39 is 0 Å². The summed E-state index contributed by atoms with van der Waals surface area (Å²) in [4.78, 5) is 2.38. The molecule has 0 aliphatic heterocycles. The summed E-state index contributed by atoms with van der Waals surface area (Å²) >= 11 is 0. The minimum Gasteiger partial charge on any atom is -0.456 e. The zero-order valence-corrected chi connectivity index (χ0v) is 35.3. The number of fused-ring (bicyclic) bond motifs is 9. The van der Waals surface area contributed by atoms with Crippen LogP contribution in [0.1, 0.15) is 0 Å². The van der Waals surface area contributed by atoms with Crippen LogP contribution in [0.2, 0.25) is 0 Å². The number of hydrogen-bond donors (Lipinski definition) is 0. The molecule has 0 bridgehead atoms. The van der Waals surface area contributed by atoms with Gasteiger partial charge < -0.3 is 13.7 Å². The highest BCUT2D eigenvalue weighted by atomic mass is 16.3. The summed E-state index contributed by atoms with van der Waals surface area (Å²) < 4.78 is 12.8. The molecule has 0 atom stereocenters. The van der Waals surface area contributed by atoms with Crippen LogP contribution < -0.4 is 4.90 Å². The fourth-order valence-corrected chi connectivity index (χ4v) is 9.96. The van der Waals surface area contributed by atoms with Crippen LogP contribution >= 0.6 is 0 Å². The predicted octanol–water partition coefficient (Wildman–Crippen LogP) is 17.9. The van der Waals surface area contributed by atoms with E-state index in [-0.39, 0.29) is 0 Å². The quantitative estimate of drug-likeness (QED) is 0.160. The van der Waals surface area contributed by atoms with Gasteiger partial charge in [-0.15, -0.1) is 0 Å². The van der Waals surface area contributed by atoms with E-state index in [1.54, 1.807) is 0 Å². The van der Waals surface area contributed by atoms with E-state index in [0.717, 1.165) is 94.1 Å². The van der Waals surface area contributed by atoms with Crippen molar-refractivity contribution in [3.8, 4) is 44.5 Å². The van der Waals surface area contributed by atoms with Gasteiger partial charge in [0.05, 0.1) is 5.69 Å². The standard InChI is InChI=1S/C62H39NO2/c1-3-17-49-41(12-1)14-10-21-50(49)45-16-9-15-44(38-45)40-26-32-47(33-27-40)63(48-34-28-43(29-35-48)52-22-11-25-60-61(52)55-20-6-8-24-58(55)64-60)57-23-7-5-18-51(57)46-31-37-59-56(39-46)54-36-30-42-13-2-4-19-53(42)62(54)65-59/h1-39H. The maximum absolute atomic E-state index is 6.55. The topological polar surface area (TPSA) is 29.5 Å². The largest absolute Gasteiger partial charge is 0.456 e.